The molecule has 0 radical (unpaired) electrons. The lowest BCUT2D eigenvalue weighted by atomic mass is 9.67. The molecule has 13 rings (SSSR count). The van der Waals surface area contributed by atoms with E-state index < -0.39 is 5.41 Å². The zero-order chi connectivity index (χ0) is 71.1. The molecule has 0 atom stereocenters. The minimum Gasteiger partial charge on any atom is -0.311 e. The fourth-order valence-corrected chi connectivity index (χ4v) is 15.5. The highest BCUT2D eigenvalue weighted by molar-refractivity contribution is 5.89. The van der Waals surface area contributed by atoms with Crippen LogP contribution in [-0.2, 0) is 43.9 Å². The van der Waals surface area contributed by atoms with Gasteiger partial charge in [0.2, 0.25) is 0 Å². The van der Waals surface area contributed by atoms with E-state index in [9.17, 15) is 0 Å². The molecule has 0 unspecified atom stereocenters. The van der Waals surface area contributed by atoms with E-state index in [1.54, 1.807) is 0 Å². The third-order valence-electron chi connectivity index (χ3n) is 21.4. The molecular formula is C99H106N4. The molecule has 0 fully saturated rings. The number of nitrogens with zero attached hydrogens (tertiary/aromatic N) is 4. The van der Waals surface area contributed by atoms with Crippen molar-refractivity contribution in [2.45, 2.75) is 176 Å². The Kier molecular flexibility index (Phi) is 23.3. The lowest BCUT2D eigenvalue weighted by Gasteiger charge is -2.35. The normalized spacial score (nSPS) is 12.1. The van der Waals surface area contributed by atoms with Crippen LogP contribution in [0.1, 0.15) is 185 Å². The summed E-state index contributed by atoms with van der Waals surface area (Å²) >= 11 is 0. The van der Waals surface area contributed by atoms with Gasteiger partial charge in [-0.1, -0.05) is 225 Å². The van der Waals surface area contributed by atoms with Gasteiger partial charge in [0.1, 0.15) is 0 Å². The van der Waals surface area contributed by atoms with Crippen LogP contribution in [0.15, 0.2) is 279 Å². The van der Waals surface area contributed by atoms with Crippen LogP contribution in [-0.4, -0.2) is 0 Å². The average Bonchev–Trinajstić information content (AvgIpc) is 1.54. The van der Waals surface area contributed by atoms with Crippen LogP contribution in [0.3, 0.4) is 0 Å². The molecule has 0 bridgehead atoms. The van der Waals surface area contributed by atoms with Crippen molar-refractivity contribution in [2.24, 2.45) is 0 Å². The van der Waals surface area contributed by atoms with Gasteiger partial charge >= 0.3 is 0 Å². The first-order chi connectivity index (χ1) is 50.6. The molecule has 522 valence electrons. The van der Waals surface area contributed by atoms with Crippen LogP contribution in [0.25, 0.3) is 11.1 Å². The summed E-state index contributed by atoms with van der Waals surface area (Å²) in [7, 11) is 0. The largest absolute Gasteiger partial charge is 0.311 e. The van der Waals surface area contributed by atoms with Gasteiger partial charge in [0.05, 0.1) is 5.41 Å². The Balaban J connectivity index is 0.902. The number of anilines is 12. The maximum Gasteiger partial charge on any atom is 0.0713 e. The summed E-state index contributed by atoms with van der Waals surface area (Å²) in [6.07, 6.45) is 20.7. The summed E-state index contributed by atoms with van der Waals surface area (Å²) in [6.45, 7) is 18.1. The van der Waals surface area contributed by atoms with E-state index in [2.05, 4.69) is 354 Å². The molecule has 0 heterocycles. The Morgan fingerprint density at radius 2 is 0.369 bits per heavy atom. The van der Waals surface area contributed by atoms with Crippen LogP contribution < -0.4 is 19.6 Å². The van der Waals surface area contributed by atoms with Crippen LogP contribution in [0, 0.1) is 13.8 Å². The molecule has 0 saturated heterocycles. The van der Waals surface area contributed by atoms with Crippen molar-refractivity contribution in [1.29, 1.82) is 0 Å². The first-order valence-electron chi connectivity index (χ1n) is 39.0. The van der Waals surface area contributed by atoms with E-state index in [1.807, 2.05) is 0 Å². The average molecular weight is 1350 g/mol. The molecule has 1 aliphatic rings. The van der Waals surface area contributed by atoms with Gasteiger partial charge in [-0.25, -0.2) is 0 Å². The number of hydrogen-bond acceptors (Lipinski definition) is 4. The third-order valence-corrected chi connectivity index (χ3v) is 21.4. The van der Waals surface area contributed by atoms with Crippen molar-refractivity contribution in [2.75, 3.05) is 19.6 Å². The quantitative estimate of drug-likeness (QED) is 0.0417. The smallest absolute Gasteiger partial charge is 0.0713 e. The Morgan fingerprint density at radius 3 is 0.544 bits per heavy atom. The van der Waals surface area contributed by atoms with Gasteiger partial charge in [0, 0.05) is 68.2 Å². The van der Waals surface area contributed by atoms with Gasteiger partial charge in [0.25, 0.3) is 0 Å². The van der Waals surface area contributed by atoms with Crippen LogP contribution in [0.4, 0.5) is 68.2 Å². The zero-order valence-electron chi connectivity index (χ0n) is 62.6. The molecule has 0 amide bonds. The lowest BCUT2D eigenvalue weighted by Crippen LogP contribution is -2.28. The summed E-state index contributed by atoms with van der Waals surface area (Å²) in [4.78, 5) is 9.74. The van der Waals surface area contributed by atoms with Crippen molar-refractivity contribution in [3.05, 3.63) is 346 Å². The van der Waals surface area contributed by atoms with Crippen LogP contribution in [0.5, 0.6) is 0 Å². The van der Waals surface area contributed by atoms with Gasteiger partial charge in [-0.05, 0) is 303 Å². The Hall–Kier alpha value is -10.2. The number of benzene rings is 12. The fraction of sp³-hybridized carbons (Fsp3) is 0.273. The molecule has 4 nitrogen and oxygen atoms in total. The van der Waals surface area contributed by atoms with Crippen molar-refractivity contribution in [3.8, 4) is 11.1 Å². The highest BCUT2D eigenvalue weighted by atomic mass is 15.2. The minimum atomic E-state index is -0.637. The molecular weight excluding hydrogens is 1250 g/mol. The zero-order valence-corrected chi connectivity index (χ0v) is 62.6. The maximum absolute atomic E-state index is 2.45. The molecule has 4 heteroatoms. The topological polar surface area (TPSA) is 13.0 Å². The molecule has 12 aromatic rings. The summed E-state index contributed by atoms with van der Waals surface area (Å²) < 4.78 is 0. The van der Waals surface area contributed by atoms with E-state index >= 15 is 0 Å². The molecule has 0 aromatic heterocycles. The number of fused-ring (bicyclic) bond motifs is 3. The van der Waals surface area contributed by atoms with E-state index in [1.165, 1.54) is 155 Å². The van der Waals surface area contributed by atoms with Gasteiger partial charge in [-0.3, -0.25) is 0 Å². The van der Waals surface area contributed by atoms with Crippen LogP contribution in [0.2, 0.25) is 0 Å². The number of aryl methyl sites for hydroxylation is 8. The maximum atomic E-state index is 2.45. The fourth-order valence-electron chi connectivity index (χ4n) is 15.5. The number of rotatable bonds is 32. The van der Waals surface area contributed by atoms with E-state index in [-0.39, 0.29) is 0 Å². The first-order valence-corrected chi connectivity index (χ1v) is 39.0. The van der Waals surface area contributed by atoms with Crippen molar-refractivity contribution in [3.63, 3.8) is 0 Å². The summed E-state index contributed by atoms with van der Waals surface area (Å²) in [5.41, 5.74) is 31.3. The molecule has 103 heavy (non-hydrogen) atoms. The van der Waals surface area contributed by atoms with Gasteiger partial charge in [-0.2, -0.15) is 0 Å². The van der Waals surface area contributed by atoms with Gasteiger partial charge in [-0.15, -0.1) is 0 Å². The summed E-state index contributed by atoms with van der Waals surface area (Å²) in [5.74, 6) is 0. The summed E-state index contributed by atoms with van der Waals surface area (Å²) in [6, 6.07) is 108. The number of unbranched alkanes of at least 4 members (excludes halogenated alkanes) is 6. The Morgan fingerprint density at radius 1 is 0.204 bits per heavy atom. The molecule has 0 saturated carbocycles. The SMILES string of the molecule is CCCCc1ccc(N(c2ccc(CCCC)cc2)c2ccc(N(c3ccc(CCCC)cc3)c3ccc(C4(c5ccc(N(c6ccc(CCCC)cc6)c6ccc(N(c7ccc(CCCC)cc7)c7ccc(CCCC)cc7)cc6)cc5)c5ccc(C)cc5-c5cc(C)ccc54)cc3)cc2)cc1. The standard InChI is InChI=1S/C99H106N4/c1-9-15-21-75-29-45-83(46-30-75)100(84-47-31-76(32-48-84)22-16-10-2)91-61-65-93(66-62-91)102(87-53-37-79(38-54-87)25-19-13-5)89-57-41-81(42-58-89)99(97-69-27-73(7)71-95(97)96-72-74(8)28-70-98(96)99)82-43-59-90(60-44-82)103(88-55-39-80(40-56-88)26-20-14-6)94-67-63-92(64-68-94)101(85-49-33-77(34-50-85)23-17-11-3)86-51-35-78(36-52-86)24-18-12-4/h27-72H,9-26H2,1-8H3. The van der Waals surface area contributed by atoms with Gasteiger partial charge in [0.15, 0.2) is 0 Å². The summed E-state index contributed by atoms with van der Waals surface area (Å²) in [5, 5.41) is 0. The van der Waals surface area contributed by atoms with Crippen LogP contribution >= 0.6 is 0 Å². The highest BCUT2D eigenvalue weighted by Crippen LogP contribution is 2.57. The third kappa shape index (κ3) is 15.9. The van der Waals surface area contributed by atoms with Crippen molar-refractivity contribution < 1.29 is 0 Å². The van der Waals surface area contributed by atoms with Crippen molar-refractivity contribution in [1.82, 2.24) is 0 Å². The second-order valence-corrected chi connectivity index (χ2v) is 28.9. The monoisotopic (exact) mass is 1350 g/mol. The first kappa shape index (κ1) is 71.2. The van der Waals surface area contributed by atoms with Crippen molar-refractivity contribution >= 4 is 68.2 Å². The van der Waals surface area contributed by atoms with E-state index in [4.69, 9.17) is 0 Å². The Labute approximate surface area is 617 Å². The Bertz CT molecular complexity index is 4240. The molecule has 12 aromatic carbocycles. The lowest BCUT2D eigenvalue weighted by molar-refractivity contribution is 0.768. The second-order valence-electron chi connectivity index (χ2n) is 28.9. The number of hydrogen-bond donors (Lipinski definition) is 0. The van der Waals surface area contributed by atoms with E-state index in [0.717, 1.165) is 107 Å². The minimum absolute atomic E-state index is 0.637. The molecule has 0 spiro atoms. The predicted octanol–water partition coefficient (Wildman–Crippen LogP) is 28.6. The second kappa shape index (κ2) is 33.8. The molecule has 1 aliphatic carbocycles. The van der Waals surface area contributed by atoms with E-state index in [0.29, 0.717) is 0 Å². The predicted molar refractivity (Wildman–Crippen MR) is 444 cm³/mol. The highest BCUT2D eigenvalue weighted by Gasteiger charge is 2.46. The molecule has 0 N–H and O–H groups in total. The molecule has 0 aliphatic heterocycles. The van der Waals surface area contributed by atoms with Gasteiger partial charge < -0.3 is 19.6 Å².